The Morgan fingerprint density at radius 1 is 1.12 bits per heavy atom. The summed E-state index contributed by atoms with van der Waals surface area (Å²) in [5, 5.41) is 2.27. The zero-order chi connectivity index (χ0) is 19.5. The van der Waals surface area contributed by atoms with Crippen LogP contribution in [0.5, 0.6) is 0 Å². The van der Waals surface area contributed by atoms with Gasteiger partial charge in [-0.15, -0.1) is 0 Å². The monoisotopic (exact) mass is 378 g/mol. The normalized spacial score (nSPS) is 11.1. The standard InChI is InChI=1S/C18H19FN2O4S/c1-4-21(26(24,25)15-8-5-12(2)6-9-15)18(23)14-7-10-16(19)17(11-14)20-13(3)22/h5-11H,4H2,1-3H3,(H,20,22). The van der Waals surface area contributed by atoms with Gasteiger partial charge in [-0.1, -0.05) is 17.7 Å². The first-order valence-corrected chi connectivity index (χ1v) is 9.31. The van der Waals surface area contributed by atoms with E-state index < -0.39 is 27.7 Å². The van der Waals surface area contributed by atoms with E-state index in [-0.39, 0.29) is 22.7 Å². The molecule has 0 unspecified atom stereocenters. The van der Waals surface area contributed by atoms with E-state index in [1.54, 1.807) is 12.1 Å². The maximum absolute atomic E-state index is 13.8. The third kappa shape index (κ3) is 4.08. The number of anilines is 1. The molecule has 2 aromatic carbocycles. The average molecular weight is 378 g/mol. The second kappa shape index (κ2) is 7.65. The van der Waals surface area contributed by atoms with E-state index in [0.29, 0.717) is 4.31 Å². The molecule has 1 N–H and O–H groups in total. The number of carbonyl (C=O) groups is 2. The topological polar surface area (TPSA) is 83.6 Å². The van der Waals surface area contributed by atoms with Crippen LogP contribution in [-0.4, -0.2) is 31.1 Å². The highest BCUT2D eigenvalue weighted by atomic mass is 32.2. The van der Waals surface area contributed by atoms with Crippen LogP contribution in [0.3, 0.4) is 0 Å². The zero-order valence-electron chi connectivity index (χ0n) is 14.6. The Bertz CT molecular complexity index is 940. The van der Waals surface area contributed by atoms with Crippen molar-refractivity contribution >= 4 is 27.5 Å². The maximum atomic E-state index is 13.8. The number of aryl methyl sites for hydroxylation is 1. The molecule has 6 nitrogen and oxygen atoms in total. The molecule has 0 saturated heterocycles. The number of sulfonamides is 1. The van der Waals surface area contributed by atoms with Crippen molar-refractivity contribution < 1.29 is 22.4 Å². The van der Waals surface area contributed by atoms with Crippen LogP contribution in [-0.2, 0) is 14.8 Å². The summed E-state index contributed by atoms with van der Waals surface area (Å²) in [5.41, 5.74) is 0.650. The van der Waals surface area contributed by atoms with E-state index in [2.05, 4.69) is 5.32 Å². The van der Waals surface area contributed by atoms with Crippen LogP contribution in [0.2, 0.25) is 0 Å². The molecule has 8 heteroatoms. The van der Waals surface area contributed by atoms with Gasteiger partial charge in [0.25, 0.3) is 15.9 Å². The van der Waals surface area contributed by atoms with Crippen LogP contribution in [0.25, 0.3) is 0 Å². The third-order valence-corrected chi connectivity index (χ3v) is 5.52. The van der Waals surface area contributed by atoms with Crippen molar-refractivity contribution in [1.82, 2.24) is 4.31 Å². The molecule has 138 valence electrons. The molecular formula is C18H19FN2O4S. The Morgan fingerprint density at radius 2 is 1.73 bits per heavy atom. The maximum Gasteiger partial charge on any atom is 0.267 e. The number of nitrogens with one attached hydrogen (secondary N) is 1. The van der Waals surface area contributed by atoms with Crippen molar-refractivity contribution in [2.75, 3.05) is 11.9 Å². The Labute approximate surface area is 151 Å². The summed E-state index contributed by atoms with van der Waals surface area (Å²) in [6.07, 6.45) is 0. The molecule has 0 aliphatic heterocycles. The van der Waals surface area contributed by atoms with E-state index in [1.165, 1.54) is 32.0 Å². The highest BCUT2D eigenvalue weighted by molar-refractivity contribution is 7.89. The van der Waals surface area contributed by atoms with E-state index in [4.69, 9.17) is 0 Å². The Kier molecular flexibility index (Phi) is 5.76. The molecule has 0 radical (unpaired) electrons. The van der Waals surface area contributed by atoms with Gasteiger partial charge in [-0.05, 0) is 44.2 Å². The van der Waals surface area contributed by atoms with E-state index in [1.807, 2.05) is 6.92 Å². The number of benzene rings is 2. The SMILES string of the molecule is CCN(C(=O)c1ccc(F)c(NC(C)=O)c1)S(=O)(=O)c1ccc(C)cc1. The van der Waals surface area contributed by atoms with Crippen LogP contribution in [0.1, 0.15) is 29.8 Å². The fraction of sp³-hybridized carbons (Fsp3) is 0.222. The van der Waals surface area contributed by atoms with Crippen molar-refractivity contribution in [1.29, 1.82) is 0 Å². The first-order chi connectivity index (χ1) is 12.2. The molecule has 0 atom stereocenters. The minimum atomic E-state index is -4.06. The van der Waals surface area contributed by atoms with Gasteiger partial charge in [0, 0.05) is 19.0 Å². The minimum Gasteiger partial charge on any atom is -0.324 e. The Morgan fingerprint density at radius 3 is 2.27 bits per heavy atom. The highest BCUT2D eigenvalue weighted by Gasteiger charge is 2.29. The third-order valence-electron chi connectivity index (χ3n) is 3.65. The van der Waals surface area contributed by atoms with Crippen LogP contribution in [0.4, 0.5) is 10.1 Å². The average Bonchev–Trinajstić information content (AvgIpc) is 2.57. The molecule has 0 aromatic heterocycles. The van der Waals surface area contributed by atoms with E-state index >= 15 is 0 Å². The summed E-state index contributed by atoms with van der Waals surface area (Å²) in [6, 6.07) is 9.42. The number of halogens is 1. The number of nitrogens with zero attached hydrogens (tertiary/aromatic N) is 1. The van der Waals surface area contributed by atoms with Gasteiger partial charge < -0.3 is 5.32 Å². The summed E-state index contributed by atoms with van der Waals surface area (Å²) < 4.78 is 40.0. The summed E-state index contributed by atoms with van der Waals surface area (Å²) in [7, 11) is -4.06. The number of amides is 2. The van der Waals surface area contributed by atoms with Crippen LogP contribution in [0, 0.1) is 12.7 Å². The van der Waals surface area contributed by atoms with Crippen molar-refractivity contribution in [3.63, 3.8) is 0 Å². The van der Waals surface area contributed by atoms with Crippen molar-refractivity contribution in [2.45, 2.75) is 25.7 Å². The summed E-state index contributed by atoms with van der Waals surface area (Å²) >= 11 is 0. The number of hydrogen-bond donors (Lipinski definition) is 1. The molecule has 26 heavy (non-hydrogen) atoms. The first kappa shape index (κ1) is 19.6. The Balaban J connectivity index is 2.42. The molecule has 0 aliphatic rings. The lowest BCUT2D eigenvalue weighted by atomic mass is 10.1. The van der Waals surface area contributed by atoms with E-state index in [0.717, 1.165) is 17.7 Å². The number of hydrogen-bond acceptors (Lipinski definition) is 4. The lowest BCUT2D eigenvalue weighted by Crippen LogP contribution is -2.36. The molecule has 0 heterocycles. The van der Waals surface area contributed by atoms with Gasteiger partial charge in [0.15, 0.2) is 0 Å². The summed E-state index contributed by atoms with van der Waals surface area (Å²) in [5.74, 6) is -2.03. The molecule has 0 bridgehead atoms. The van der Waals surface area contributed by atoms with Crippen molar-refractivity contribution in [2.24, 2.45) is 0 Å². The number of rotatable bonds is 5. The van der Waals surface area contributed by atoms with Crippen molar-refractivity contribution in [3.05, 3.63) is 59.4 Å². The van der Waals surface area contributed by atoms with Gasteiger partial charge in [-0.2, -0.15) is 0 Å². The lowest BCUT2D eigenvalue weighted by Gasteiger charge is -2.21. The molecule has 0 aliphatic carbocycles. The highest BCUT2D eigenvalue weighted by Crippen LogP contribution is 2.22. The van der Waals surface area contributed by atoms with Gasteiger partial charge in [0.05, 0.1) is 10.6 Å². The fourth-order valence-corrected chi connectivity index (χ4v) is 3.75. The van der Waals surface area contributed by atoms with Gasteiger partial charge >= 0.3 is 0 Å². The molecule has 0 fully saturated rings. The predicted octanol–water partition coefficient (Wildman–Crippen LogP) is 2.94. The van der Waals surface area contributed by atoms with Crippen LogP contribution < -0.4 is 5.32 Å². The lowest BCUT2D eigenvalue weighted by molar-refractivity contribution is -0.114. The van der Waals surface area contributed by atoms with Gasteiger partial charge in [0.1, 0.15) is 5.82 Å². The quantitative estimate of drug-likeness (QED) is 0.867. The summed E-state index contributed by atoms with van der Waals surface area (Å²) in [4.78, 5) is 23.9. The molecule has 2 amide bonds. The number of carbonyl (C=O) groups excluding carboxylic acids is 2. The Hall–Kier alpha value is -2.74. The van der Waals surface area contributed by atoms with Gasteiger partial charge in [-0.25, -0.2) is 17.1 Å². The summed E-state index contributed by atoms with van der Waals surface area (Å²) in [6.45, 7) is 4.46. The van der Waals surface area contributed by atoms with E-state index in [9.17, 15) is 22.4 Å². The molecule has 2 rings (SSSR count). The van der Waals surface area contributed by atoms with Gasteiger partial charge in [-0.3, -0.25) is 9.59 Å². The largest absolute Gasteiger partial charge is 0.324 e. The molecule has 2 aromatic rings. The fourth-order valence-electron chi connectivity index (χ4n) is 2.35. The predicted molar refractivity (Wildman–Crippen MR) is 95.8 cm³/mol. The minimum absolute atomic E-state index is 0.0116. The second-order valence-electron chi connectivity index (χ2n) is 5.66. The van der Waals surface area contributed by atoms with Crippen LogP contribution in [0.15, 0.2) is 47.4 Å². The first-order valence-electron chi connectivity index (χ1n) is 7.87. The molecular weight excluding hydrogens is 359 g/mol. The van der Waals surface area contributed by atoms with Crippen molar-refractivity contribution in [3.8, 4) is 0 Å². The van der Waals surface area contributed by atoms with Gasteiger partial charge in [0.2, 0.25) is 5.91 Å². The smallest absolute Gasteiger partial charge is 0.267 e. The molecule has 0 spiro atoms. The molecule has 0 saturated carbocycles. The second-order valence-corrected chi connectivity index (χ2v) is 7.53. The van der Waals surface area contributed by atoms with Crippen LogP contribution >= 0.6 is 0 Å². The zero-order valence-corrected chi connectivity index (χ0v) is 15.4.